The summed E-state index contributed by atoms with van der Waals surface area (Å²) in [4.78, 5) is 34.4. The molecule has 30 heavy (non-hydrogen) atoms. The lowest BCUT2D eigenvalue weighted by Gasteiger charge is -2.28. The number of hydrogen-bond donors (Lipinski definition) is 0. The summed E-state index contributed by atoms with van der Waals surface area (Å²) in [6.45, 7) is 0.239. The molecule has 12 heteroatoms. The number of non-ortho nitro benzene ring substituents is 2. The average Bonchev–Trinajstić information content (AvgIpc) is 3.17. The topological polar surface area (TPSA) is 147 Å². The van der Waals surface area contributed by atoms with Gasteiger partial charge in [0.25, 0.3) is 17.3 Å². The molecule has 1 aliphatic heterocycles. The second-order valence-corrected chi connectivity index (χ2v) is 6.51. The fourth-order valence-electron chi connectivity index (χ4n) is 3.04. The number of ether oxygens (including phenoxy) is 1. The first-order valence-electron chi connectivity index (χ1n) is 8.74. The number of nitro benzene ring substituents is 2. The van der Waals surface area contributed by atoms with Gasteiger partial charge in [0.05, 0.1) is 40.9 Å². The number of nitrogens with zero attached hydrogens (tertiary/aromatic N) is 6. The van der Waals surface area contributed by atoms with Gasteiger partial charge < -0.3 is 4.74 Å². The molecule has 3 aromatic rings. The zero-order chi connectivity index (χ0) is 21.3. The smallest absolute Gasteiger partial charge is 0.273 e. The quantitative estimate of drug-likeness (QED) is 0.443. The van der Waals surface area contributed by atoms with E-state index in [-0.39, 0.29) is 36.2 Å². The molecule has 2 heterocycles. The Labute approximate surface area is 168 Å². The van der Waals surface area contributed by atoms with Crippen LogP contribution in [0, 0.1) is 20.2 Å². The first-order chi connectivity index (χ1) is 14.4. The number of nitro groups is 2. The first-order valence-corrected chi connectivity index (χ1v) is 8.74. The first kappa shape index (κ1) is 19.0. The fourth-order valence-corrected chi connectivity index (χ4v) is 3.04. The third-order valence-corrected chi connectivity index (χ3v) is 4.50. The molecule has 0 bridgehead atoms. The van der Waals surface area contributed by atoms with Crippen molar-refractivity contribution < 1.29 is 19.4 Å². The van der Waals surface area contributed by atoms with Gasteiger partial charge in [-0.3, -0.25) is 29.9 Å². The molecule has 0 saturated heterocycles. The Morgan fingerprint density at radius 2 is 1.70 bits per heavy atom. The van der Waals surface area contributed by atoms with Crippen molar-refractivity contribution in [2.24, 2.45) is 0 Å². The molecule has 0 N–H and O–H groups in total. The number of fused-ring (bicyclic) bond motifs is 1. The van der Waals surface area contributed by atoms with Crippen molar-refractivity contribution in [2.45, 2.75) is 13.1 Å². The second-order valence-electron chi connectivity index (χ2n) is 6.51. The maximum Gasteiger partial charge on any atom is 0.273 e. The van der Waals surface area contributed by atoms with Gasteiger partial charge in [0.15, 0.2) is 12.4 Å². The standard InChI is InChI=1S/C18H14N6O6/c25-18-11-30-17-7-15(24(28)29)5-6-16(17)22(18)10-13-9-21(20-19-13)8-12-1-3-14(4-2-12)23(26)27/h1-7,9H,8,10-11H2. The fraction of sp³-hybridized carbons (Fsp3) is 0.167. The van der Waals surface area contributed by atoms with Gasteiger partial charge in [-0.2, -0.15) is 0 Å². The minimum atomic E-state index is -0.534. The van der Waals surface area contributed by atoms with Gasteiger partial charge in [-0.25, -0.2) is 4.68 Å². The SMILES string of the molecule is O=C1COc2cc([N+](=O)[O-])ccc2N1Cc1cn(Cc2ccc([N+](=O)[O-])cc2)nn1. The number of benzene rings is 2. The highest BCUT2D eigenvalue weighted by molar-refractivity contribution is 5.97. The van der Waals surface area contributed by atoms with Crippen LogP contribution in [0.5, 0.6) is 5.75 Å². The maximum atomic E-state index is 12.3. The predicted molar refractivity (Wildman–Crippen MR) is 102 cm³/mol. The van der Waals surface area contributed by atoms with Crippen molar-refractivity contribution in [3.8, 4) is 5.75 Å². The highest BCUT2D eigenvalue weighted by atomic mass is 16.6. The lowest BCUT2D eigenvalue weighted by molar-refractivity contribution is -0.385. The average molecular weight is 410 g/mol. The van der Waals surface area contributed by atoms with Crippen LogP contribution >= 0.6 is 0 Å². The van der Waals surface area contributed by atoms with Gasteiger partial charge in [0.2, 0.25) is 0 Å². The zero-order valence-corrected chi connectivity index (χ0v) is 15.4. The van der Waals surface area contributed by atoms with Gasteiger partial charge in [-0.15, -0.1) is 5.10 Å². The summed E-state index contributed by atoms with van der Waals surface area (Å²) in [5, 5.41) is 29.8. The molecule has 12 nitrogen and oxygen atoms in total. The Morgan fingerprint density at radius 3 is 2.40 bits per heavy atom. The largest absolute Gasteiger partial charge is 0.481 e. The monoisotopic (exact) mass is 410 g/mol. The van der Waals surface area contributed by atoms with Crippen molar-refractivity contribution in [3.63, 3.8) is 0 Å². The van der Waals surface area contributed by atoms with Crippen LogP contribution in [0.4, 0.5) is 17.1 Å². The summed E-state index contributed by atoms with van der Waals surface area (Å²) in [7, 11) is 0. The molecule has 0 aliphatic carbocycles. The molecule has 0 atom stereocenters. The number of hydrogen-bond acceptors (Lipinski definition) is 8. The molecular formula is C18H14N6O6. The molecule has 2 aromatic carbocycles. The van der Waals surface area contributed by atoms with Crippen LogP contribution in [0.3, 0.4) is 0 Å². The molecule has 4 rings (SSSR count). The van der Waals surface area contributed by atoms with Crippen LogP contribution in [0.1, 0.15) is 11.3 Å². The number of carbonyl (C=O) groups is 1. The highest BCUT2D eigenvalue weighted by Crippen LogP contribution is 2.35. The normalized spacial score (nSPS) is 12.9. The lowest BCUT2D eigenvalue weighted by atomic mass is 10.2. The van der Waals surface area contributed by atoms with E-state index in [4.69, 9.17) is 4.74 Å². The lowest BCUT2D eigenvalue weighted by Crippen LogP contribution is -2.38. The molecule has 0 fully saturated rings. The van der Waals surface area contributed by atoms with Gasteiger partial charge in [-0.05, 0) is 11.6 Å². The third-order valence-electron chi connectivity index (χ3n) is 4.50. The minimum Gasteiger partial charge on any atom is -0.481 e. The van der Waals surface area contributed by atoms with Crippen molar-refractivity contribution in [1.82, 2.24) is 15.0 Å². The van der Waals surface area contributed by atoms with Crippen LogP contribution in [-0.2, 0) is 17.9 Å². The molecule has 0 unspecified atom stereocenters. The van der Waals surface area contributed by atoms with E-state index < -0.39 is 9.85 Å². The summed E-state index contributed by atoms with van der Waals surface area (Å²) in [5.74, 6) is -0.0525. The summed E-state index contributed by atoms with van der Waals surface area (Å²) >= 11 is 0. The Bertz CT molecular complexity index is 1140. The van der Waals surface area contributed by atoms with Crippen LogP contribution < -0.4 is 9.64 Å². The van der Waals surface area contributed by atoms with Crippen LogP contribution in [0.25, 0.3) is 0 Å². The Morgan fingerprint density at radius 1 is 1.00 bits per heavy atom. The molecule has 0 radical (unpaired) electrons. The summed E-state index contributed by atoms with van der Waals surface area (Å²) in [6.07, 6.45) is 1.66. The molecular weight excluding hydrogens is 396 g/mol. The van der Waals surface area contributed by atoms with E-state index in [1.165, 1.54) is 35.2 Å². The Hall–Kier alpha value is -4.35. The Kier molecular flexibility index (Phi) is 4.80. The van der Waals surface area contributed by atoms with Gasteiger partial charge in [0.1, 0.15) is 5.69 Å². The van der Waals surface area contributed by atoms with Crippen LogP contribution in [0.15, 0.2) is 48.7 Å². The van der Waals surface area contributed by atoms with Crippen LogP contribution in [-0.4, -0.2) is 37.4 Å². The zero-order valence-electron chi connectivity index (χ0n) is 15.4. The summed E-state index contributed by atoms with van der Waals surface area (Å²) in [5.41, 5.74) is 1.61. The summed E-state index contributed by atoms with van der Waals surface area (Å²) in [6, 6.07) is 10.1. The van der Waals surface area contributed by atoms with Crippen molar-refractivity contribution in [2.75, 3.05) is 11.5 Å². The van der Waals surface area contributed by atoms with E-state index in [1.807, 2.05) is 0 Å². The predicted octanol–water partition coefficient (Wildman–Crippen LogP) is 2.07. The van der Waals surface area contributed by atoms with E-state index in [1.54, 1.807) is 23.0 Å². The van der Waals surface area contributed by atoms with Crippen molar-refractivity contribution >= 4 is 23.0 Å². The molecule has 1 aliphatic rings. The maximum absolute atomic E-state index is 12.3. The van der Waals surface area contributed by atoms with E-state index >= 15 is 0 Å². The second kappa shape index (κ2) is 7.58. The van der Waals surface area contributed by atoms with E-state index in [2.05, 4.69) is 10.3 Å². The summed E-state index contributed by atoms with van der Waals surface area (Å²) < 4.78 is 6.87. The number of amides is 1. The third kappa shape index (κ3) is 3.78. The van der Waals surface area contributed by atoms with Crippen molar-refractivity contribution in [1.29, 1.82) is 0 Å². The molecule has 1 amide bonds. The minimum absolute atomic E-state index is 0.00256. The van der Waals surface area contributed by atoms with Crippen LogP contribution in [0.2, 0.25) is 0 Å². The number of aromatic nitrogens is 3. The Balaban J connectivity index is 1.50. The number of rotatable bonds is 6. The van der Waals surface area contributed by atoms with Gasteiger partial charge >= 0.3 is 0 Å². The molecule has 1 aromatic heterocycles. The van der Waals surface area contributed by atoms with E-state index in [9.17, 15) is 25.0 Å². The molecule has 152 valence electrons. The van der Waals surface area contributed by atoms with E-state index in [0.717, 1.165) is 5.56 Å². The van der Waals surface area contributed by atoms with Gasteiger partial charge in [0, 0.05) is 18.2 Å². The molecule has 0 saturated carbocycles. The number of anilines is 1. The van der Waals surface area contributed by atoms with E-state index in [0.29, 0.717) is 17.9 Å². The number of carbonyl (C=O) groups excluding carboxylic acids is 1. The highest BCUT2D eigenvalue weighted by Gasteiger charge is 2.28. The van der Waals surface area contributed by atoms with Gasteiger partial charge in [-0.1, -0.05) is 17.3 Å². The molecule has 0 spiro atoms. The van der Waals surface area contributed by atoms with Crippen molar-refractivity contribution in [3.05, 3.63) is 80.1 Å².